The Hall–Kier alpha value is -2.44. The lowest BCUT2D eigenvalue weighted by Gasteiger charge is -2.07. The number of hydrogen-bond acceptors (Lipinski definition) is 4. The van der Waals surface area contributed by atoms with Gasteiger partial charge in [0.2, 0.25) is 0 Å². The summed E-state index contributed by atoms with van der Waals surface area (Å²) < 4.78 is 3.80. The van der Waals surface area contributed by atoms with Crippen molar-refractivity contribution in [1.82, 2.24) is 29.1 Å². The van der Waals surface area contributed by atoms with E-state index in [-0.39, 0.29) is 0 Å². The molecule has 0 aliphatic heterocycles. The molecule has 4 heterocycles. The standard InChI is InChI=1S/C17H14Cl2N6/c1-2-13-12(22-16-7-6-15(19)23-25(13)16)10-24-9-8-20-17(24)11-4-3-5-14(18)21-11/h3-9H,2,10H2,1H3. The molecule has 0 saturated heterocycles. The lowest BCUT2D eigenvalue weighted by molar-refractivity contribution is 0.761. The van der Waals surface area contributed by atoms with Crippen molar-refractivity contribution in [3.63, 3.8) is 0 Å². The Morgan fingerprint density at radius 1 is 1.04 bits per heavy atom. The van der Waals surface area contributed by atoms with E-state index in [1.165, 1.54) is 0 Å². The van der Waals surface area contributed by atoms with Gasteiger partial charge in [-0.25, -0.2) is 19.5 Å². The second-order valence-corrected chi connectivity index (χ2v) is 6.28. The second-order valence-electron chi connectivity index (χ2n) is 5.51. The lowest BCUT2D eigenvalue weighted by atomic mass is 10.2. The van der Waals surface area contributed by atoms with Crippen molar-refractivity contribution < 1.29 is 0 Å². The topological polar surface area (TPSA) is 60.9 Å². The van der Waals surface area contributed by atoms with Gasteiger partial charge in [0.25, 0.3) is 0 Å². The highest BCUT2D eigenvalue weighted by atomic mass is 35.5. The molecule has 8 heteroatoms. The van der Waals surface area contributed by atoms with Crippen molar-refractivity contribution in [1.29, 1.82) is 0 Å². The molecule has 0 aromatic carbocycles. The van der Waals surface area contributed by atoms with Gasteiger partial charge < -0.3 is 4.57 Å². The fourth-order valence-electron chi connectivity index (χ4n) is 2.85. The van der Waals surface area contributed by atoms with Crippen LogP contribution in [0.2, 0.25) is 10.3 Å². The van der Waals surface area contributed by atoms with Gasteiger partial charge in [-0.2, -0.15) is 5.10 Å². The van der Waals surface area contributed by atoms with Gasteiger partial charge in [0.1, 0.15) is 16.0 Å². The predicted octanol–water partition coefficient (Wildman–Crippen LogP) is 3.91. The summed E-state index contributed by atoms with van der Waals surface area (Å²) in [5.74, 6) is 0.743. The number of fused-ring (bicyclic) bond motifs is 1. The molecule has 0 N–H and O–H groups in total. The summed E-state index contributed by atoms with van der Waals surface area (Å²) in [7, 11) is 0. The molecule has 0 radical (unpaired) electrons. The van der Waals surface area contributed by atoms with Crippen molar-refractivity contribution in [3.8, 4) is 11.5 Å². The summed E-state index contributed by atoms with van der Waals surface area (Å²) in [4.78, 5) is 13.5. The summed E-state index contributed by atoms with van der Waals surface area (Å²) in [6.45, 7) is 2.64. The van der Waals surface area contributed by atoms with E-state index >= 15 is 0 Å². The van der Waals surface area contributed by atoms with E-state index in [4.69, 9.17) is 28.2 Å². The summed E-state index contributed by atoms with van der Waals surface area (Å²) in [6.07, 6.45) is 4.44. The minimum Gasteiger partial charge on any atom is -0.324 e. The Morgan fingerprint density at radius 2 is 1.92 bits per heavy atom. The molecule has 0 aliphatic carbocycles. The molecule has 0 bridgehead atoms. The minimum absolute atomic E-state index is 0.438. The van der Waals surface area contributed by atoms with Crippen molar-refractivity contribution >= 4 is 28.8 Å². The van der Waals surface area contributed by atoms with Gasteiger partial charge in [-0.05, 0) is 30.7 Å². The third kappa shape index (κ3) is 2.99. The van der Waals surface area contributed by atoms with Crippen LogP contribution in [0.15, 0.2) is 42.7 Å². The van der Waals surface area contributed by atoms with E-state index in [2.05, 4.69) is 22.0 Å². The zero-order valence-corrected chi connectivity index (χ0v) is 14.9. The van der Waals surface area contributed by atoms with Crippen LogP contribution in [0.3, 0.4) is 0 Å². The fourth-order valence-corrected chi connectivity index (χ4v) is 3.15. The number of pyridine rings is 1. The van der Waals surface area contributed by atoms with E-state index < -0.39 is 0 Å². The molecular weight excluding hydrogens is 359 g/mol. The van der Waals surface area contributed by atoms with Crippen LogP contribution in [0.1, 0.15) is 18.3 Å². The van der Waals surface area contributed by atoms with E-state index in [0.717, 1.165) is 35.0 Å². The zero-order valence-electron chi connectivity index (χ0n) is 13.4. The van der Waals surface area contributed by atoms with Crippen LogP contribution >= 0.6 is 23.2 Å². The molecule has 4 aromatic rings. The maximum Gasteiger partial charge on any atom is 0.159 e. The highest BCUT2D eigenvalue weighted by Gasteiger charge is 2.15. The predicted molar refractivity (Wildman–Crippen MR) is 96.9 cm³/mol. The summed E-state index contributed by atoms with van der Waals surface area (Å²) in [5, 5.41) is 5.23. The van der Waals surface area contributed by atoms with Crippen LogP contribution in [0.5, 0.6) is 0 Å². The number of rotatable bonds is 4. The van der Waals surface area contributed by atoms with Crippen molar-refractivity contribution in [2.75, 3.05) is 0 Å². The van der Waals surface area contributed by atoms with Gasteiger partial charge in [0, 0.05) is 12.4 Å². The molecule has 0 spiro atoms. The molecule has 0 saturated carbocycles. The Morgan fingerprint density at radius 3 is 2.72 bits per heavy atom. The average molecular weight is 373 g/mol. The molecule has 0 fully saturated rings. The van der Waals surface area contributed by atoms with Crippen LogP contribution in [0, 0.1) is 0 Å². The van der Waals surface area contributed by atoms with Gasteiger partial charge in [0.05, 0.1) is 17.9 Å². The van der Waals surface area contributed by atoms with Gasteiger partial charge >= 0.3 is 0 Å². The van der Waals surface area contributed by atoms with Gasteiger partial charge in [-0.15, -0.1) is 0 Å². The summed E-state index contributed by atoms with van der Waals surface area (Å²) in [6, 6.07) is 9.09. The number of aryl methyl sites for hydroxylation is 1. The van der Waals surface area contributed by atoms with Gasteiger partial charge in [-0.3, -0.25) is 0 Å². The fraction of sp³-hybridized carbons (Fsp3) is 0.176. The SMILES string of the molecule is CCc1c(Cn2ccnc2-c2cccc(Cl)n2)nc2ccc(Cl)nn12. The van der Waals surface area contributed by atoms with E-state index in [0.29, 0.717) is 16.9 Å². The van der Waals surface area contributed by atoms with E-state index in [1.54, 1.807) is 22.8 Å². The quantitative estimate of drug-likeness (QED) is 0.509. The molecule has 0 unspecified atom stereocenters. The van der Waals surface area contributed by atoms with Crippen LogP contribution < -0.4 is 0 Å². The Balaban J connectivity index is 1.77. The Labute approximate surface area is 154 Å². The highest BCUT2D eigenvalue weighted by Crippen LogP contribution is 2.21. The largest absolute Gasteiger partial charge is 0.324 e. The minimum atomic E-state index is 0.438. The third-order valence-electron chi connectivity index (χ3n) is 3.94. The maximum absolute atomic E-state index is 6.02. The monoisotopic (exact) mass is 372 g/mol. The first-order chi connectivity index (χ1) is 12.2. The van der Waals surface area contributed by atoms with Crippen molar-refractivity contribution in [2.24, 2.45) is 0 Å². The van der Waals surface area contributed by atoms with Crippen molar-refractivity contribution in [2.45, 2.75) is 19.9 Å². The third-order valence-corrected chi connectivity index (χ3v) is 4.35. The summed E-state index contributed by atoms with van der Waals surface area (Å²) >= 11 is 12.0. The molecule has 25 heavy (non-hydrogen) atoms. The maximum atomic E-state index is 6.02. The lowest BCUT2D eigenvalue weighted by Crippen LogP contribution is -2.05. The van der Waals surface area contributed by atoms with Crippen LogP contribution in [-0.2, 0) is 13.0 Å². The second kappa shape index (κ2) is 6.46. The number of hydrogen-bond donors (Lipinski definition) is 0. The number of imidazole rings is 2. The van der Waals surface area contributed by atoms with Crippen LogP contribution in [-0.4, -0.2) is 29.1 Å². The number of aromatic nitrogens is 6. The molecule has 0 atom stereocenters. The molecule has 126 valence electrons. The molecular formula is C17H14Cl2N6. The summed E-state index contributed by atoms with van der Waals surface area (Å²) in [5.41, 5.74) is 3.45. The van der Waals surface area contributed by atoms with Crippen LogP contribution in [0.4, 0.5) is 0 Å². The first kappa shape index (κ1) is 16.1. The van der Waals surface area contributed by atoms with Crippen molar-refractivity contribution in [3.05, 3.63) is 64.4 Å². The number of nitrogens with zero attached hydrogens (tertiary/aromatic N) is 6. The zero-order chi connectivity index (χ0) is 17.4. The average Bonchev–Trinajstić information content (AvgIpc) is 3.19. The van der Waals surface area contributed by atoms with Crippen LogP contribution in [0.25, 0.3) is 17.2 Å². The molecule has 4 rings (SSSR count). The van der Waals surface area contributed by atoms with E-state index in [9.17, 15) is 0 Å². The Bertz CT molecular complexity index is 1050. The smallest absolute Gasteiger partial charge is 0.159 e. The molecule has 0 amide bonds. The molecule has 0 aliphatic rings. The Kier molecular flexibility index (Phi) is 4.15. The molecule has 6 nitrogen and oxygen atoms in total. The highest BCUT2D eigenvalue weighted by molar-refractivity contribution is 6.29. The first-order valence-electron chi connectivity index (χ1n) is 7.83. The molecule has 4 aromatic heterocycles. The normalized spacial score (nSPS) is 11.3. The first-order valence-corrected chi connectivity index (χ1v) is 8.58. The van der Waals surface area contributed by atoms with Gasteiger partial charge in [0.15, 0.2) is 11.5 Å². The van der Waals surface area contributed by atoms with E-state index in [1.807, 2.05) is 29.0 Å². The van der Waals surface area contributed by atoms with Gasteiger partial charge in [-0.1, -0.05) is 36.2 Å². The number of halogens is 2.